The Hall–Kier alpha value is -2.05. The molecule has 2 heterocycles. The highest BCUT2D eigenvalue weighted by Crippen LogP contribution is 2.56. The van der Waals surface area contributed by atoms with E-state index < -0.39 is 0 Å². The second kappa shape index (κ2) is 8.76. The maximum atomic E-state index is 12.0. The number of methoxy groups -OCH3 is 2. The van der Waals surface area contributed by atoms with Crippen molar-refractivity contribution < 1.29 is 23.7 Å². The molecule has 0 saturated heterocycles. The predicted molar refractivity (Wildman–Crippen MR) is 112 cm³/mol. The van der Waals surface area contributed by atoms with Gasteiger partial charge in [0, 0.05) is 25.6 Å². The van der Waals surface area contributed by atoms with Crippen molar-refractivity contribution in [3.8, 4) is 11.5 Å². The Kier molecular flexibility index (Phi) is 6.54. The van der Waals surface area contributed by atoms with Gasteiger partial charge in [-0.3, -0.25) is 4.79 Å². The summed E-state index contributed by atoms with van der Waals surface area (Å²) in [7, 11) is 5.38. The topological polar surface area (TPSA) is 57.2 Å². The summed E-state index contributed by atoms with van der Waals surface area (Å²) in [6.07, 6.45) is 1.31. The molecule has 0 saturated carbocycles. The summed E-state index contributed by atoms with van der Waals surface area (Å²) in [4.78, 5) is 14.4. The number of carbonyl (C=O) groups excluding carboxylic acids is 1. The van der Waals surface area contributed by atoms with Gasteiger partial charge >= 0.3 is 5.97 Å². The van der Waals surface area contributed by atoms with Gasteiger partial charge in [0.1, 0.15) is 12.2 Å². The van der Waals surface area contributed by atoms with E-state index in [1.165, 1.54) is 11.1 Å². The fraction of sp³-hybridized carbons (Fsp3) is 0.609. The molecular weight excluding hydrogens is 370 g/mol. The summed E-state index contributed by atoms with van der Waals surface area (Å²) in [5.74, 6) is 1.30. The molecule has 160 valence electrons. The standard InChI is InChI=1S/C23H33NO5/c1-15(2)23-10-11-24(4)14-17-7-8-18(27-6)22(21(17)23)29-19(23)13-16(3)28-20(25)9-12-26-5/h7-8,16,19H,1,9-14H2,2-6H3/t16-,19-,23+/m0/s1. The number of carbonyl (C=O) groups is 1. The lowest BCUT2D eigenvalue weighted by atomic mass is 9.67. The number of hydrogen-bond donors (Lipinski definition) is 0. The normalized spacial score (nSPS) is 24.2. The number of benzene rings is 1. The van der Waals surface area contributed by atoms with Gasteiger partial charge in [-0.15, -0.1) is 0 Å². The molecule has 1 aromatic rings. The smallest absolute Gasteiger partial charge is 0.308 e. The molecule has 2 aliphatic heterocycles. The molecule has 6 nitrogen and oxygen atoms in total. The van der Waals surface area contributed by atoms with Gasteiger partial charge in [0.05, 0.1) is 25.6 Å². The molecule has 0 aromatic heterocycles. The number of nitrogens with zero attached hydrogens (tertiary/aromatic N) is 1. The number of esters is 1. The van der Waals surface area contributed by atoms with E-state index in [0.717, 1.165) is 36.6 Å². The second-order valence-electron chi connectivity index (χ2n) is 8.26. The summed E-state index contributed by atoms with van der Waals surface area (Å²) in [6, 6.07) is 4.12. The highest BCUT2D eigenvalue weighted by Gasteiger charge is 2.53. The lowest BCUT2D eigenvalue weighted by Gasteiger charge is -2.36. The molecule has 6 heteroatoms. The SMILES string of the molecule is C=C(C)[C@@]12CCN(C)Cc3ccc(OC)c(c31)O[C@H]2C[C@H](C)OC(=O)CCOC. The van der Waals surface area contributed by atoms with E-state index in [1.807, 2.05) is 13.0 Å². The Morgan fingerprint density at radius 1 is 1.41 bits per heavy atom. The van der Waals surface area contributed by atoms with Crippen molar-refractivity contribution in [3.63, 3.8) is 0 Å². The van der Waals surface area contributed by atoms with Gasteiger partial charge in [-0.1, -0.05) is 18.2 Å². The molecule has 0 radical (unpaired) electrons. The van der Waals surface area contributed by atoms with Crippen LogP contribution in [0.2, 0.25) is 0 Å². The molecule has 0 aliphatic carbocycles. The third-order valence-corrected chi connectivity index (χ3v) is 6.16. The Morgan fingerprint density at radius 3 is 2.83 bits per heavy atom. The van der Waals surface area contributed by atoms with Gasteiger partial charge in [-0.2, -0.15) is 0 Å². The third-order valence-electron chi connectivity index (χ3n) is 6.16. The first-order chi connectivity index (χ1) is 13.8. The Morgan fingerprint density at radius 2 is 2.17 bits per heavy atom. The molecule has 29 heavy (non-hydrogen) atoms. The zero-order valence-corrected chi connectivity index (χ0v) is 18.2. The average Bonchev–Trinajstić information content (AvgIpc) is 2.90. The van der Waals surface area contributed by atoms with Gasteiger partial charge in [0.2, 0.25) is 0 Å². The Labute approximate surface area is 173 Å². The molecule has 0 N–H and O–H groups in total. The van der Waals surface area contributed by atoms with E-state index in [2.05, 4.69) is 31.5 Å². The van der Waals surface area contributed by atoms with Gasteiger partial charge in [-0.05, 0) is 45.5 Å². The minimum absolute atomic E-state index is 0.165. The van der Waals surface area contributed by atoms with Gasteiger partial charge < -0.3 is 23.8 Å². The highest BCUT2D eigenvalue weighted by molar-refractivity contribution is 5.69. The Bertz CT molecular complexity index is 777. The number of hydrogen-bond acceptors (Lipinski definition) is 6. The van der Waals surface area contributed by atoms with Crippen LogP contribution in [0, 0.1) is 0 Å². The second-order valence-corrected chi connectivity index (χ2v) is 8.26. The molecule has 0 spiro atoms. The highest BCUT2D eigenvalue weighted by atomic mass is 16.6. The van der Waals surface area contributed by atoms with E-state index in [0.29, 0.717) is 13.0 Å². The van der Waals surface area contributed by atoms with Crippen LogP contribution in [0.5, 0.6) is 11.5 Å². The van der Waals surface area contributed by atoms with Gasteiger partial charge in [0.15, 0.2) is 11.5 Å². The van der Waals surface area contributed by atoms with Crippen molar-refractivity contribution in [1.82, 2.24) is 4.90 Å². The largest absolute Gasteiger partial charge is 0.493 e. The molecule has 3 rings (SSSR count). The van der Waals surface area contributed by atoms with Crippen LogP contribution in [0.4, 0.5) is 0 Å². The van der Waals surface area contributed by atoms with Crippen molar-refractivity contribution in [2.24, 2.45) is 0 Å². The van der Waals surface area contributed by atoms with Crippen LogP contribution in [-0.2, 0) is 26.2 Å². The van der Waals surface area contributed by atoms with E-state index >= 15 is 0 Å². The zero-order valence-electron chi connectivity index (χ0n) is 18.2. The summed E-state index contributed by atoms with van der Waals surface area (Å²) < 4.78 is 22.7. The van der Waals surface area contributed by atoms with Crippen molar-refractivity contribution in [3.05, 3.63) is 35.4 Å². The minimum Gasteiger partial charge on any atom is -0.493 e. The number of rotatable bonds is 8. The van der Waals surface area contributed by atoms with Crippen LogP contribution in [0.3, 0.4) is 0 Å². The van der Waals surface area contributed by atoms with E-state index in [9.17, 15) is 4.79 Å². The maximum absolute atomic E-state index is 12.0. The first-order valence-corrected chi connectivity index (χ1v) is 10.2. The van der Waals surface area contributed by atoms with Crippen LogP contribution >= 0.6 is 0 Å². The quantitative estimate of drug-likeness (QED) is 0.489. The van der Waals surface area contributed by atoms with Gasteiger partial charge in [0.25, 0.3) is 0 Å². The van der Waals surface area contributed by atoms with Crippen LogP contribution in [0.25, 0.3) is 0 Å². The molecule has 1 aromatic carbocycles. The van der Waals surface area contributed by atoms with Crippen molar-refractivity contribution in [1.29, 1.82) is 0 Å². The third kappa shape index (κ3) is 4.01. The first-order valence-electron chi connectivity index (χ1n) is 10.2. The van der Waals surface area contributed by atoms with Crippen LogP contribution in [0.1, 0.15) is 44.2 Å². The number of ether oxygens (including phenoxy) is 4. The Balaban J connectivity index is 1.94. The van der Waals surface area contributed by atoms with Crippen LogP contribution < -0.4 is 9.47 Å². The van der Waals surface area contributed by atoms with Crippen molar-refractivity contribution in [2.75, 3.05) is 34.4 Å². The lowest BCUT2D eigenvalue weighted by molar-refractivity contribution is -0.150. The molecule has 2 aliphatic rings. The summed E-state index contributed by atoms with van der Waals surface area (Å²) in [5, 5.41) is 0. The summed E-state index contributed by atoms with van der Waals surface area (Å²) >= 11 is 0. The average molecular weight is 404 g/mol. The first kappa shape index (κ1) is 21.7. The molecular formula is C23H33NO5. The van der Waals surface area contributed by atoms with Crippen LogP contribution in [0.15, 0.2) is 24.3 Å². The van der Waals surface area contributed by atoms with Crippen molar-refractivity contribution in [2.45, 2.75) is 57.3 Å². The molecule has 0 fully saturated rings. The molecule has 3 atom stereocenters. The van der Waals surface area contributed by atoms with Crippen molar-refractivity contribution >= 4 is 5.97 Å². The molecule has 0 bridgehead atoms. The maximum Gasteiger partial charge on any atom is 0.308 e. The summed E-state index contributed by atoms with van der Waals surface area (Å²) in [5.41, 5.74) is 3.19. The fourth-order valence-corrected chi connectivity index (χ4v) is 4.70. The van der Waals surface area contributed by atoms with Crippen LogP contribution in [-0.4, -0.2) is 57.5 Å². The van der Waals surface area contributed by atoms with E-state index in [1.54, 1.807) is 14.2 Å². The molecule has 0 amide bonds. The van der Waals surface area contributed by atoms with E-state index in [-0.39, 0.29) is 30.0 Å². The summed E-state index contributed by atoms with van der Waals surface area (Å²) in [6.45, 7) is 10.5. The predicted octanol–water partition coefficient (Wildman–Crippen LogP) is 3.46. The fourth-order valence-electron chi connectivity index (χ4n) is 4.70. The van der Waals surface area contributed by atoms with Gasteiger partial charge in [-0.25, -0.2) is 0 Å². The monoisotopic (exact) mass is 403 g/mol. The molecule has 0 unspecified atom stereocenters. The minimum atomic E-state index is -0.322. The zero-order chi connectivity index (χ0) is 21.2. The lowest BCUT2D eigenvalue weighted by Crippen LogP contribution is -2.42. The van der Waals surface area contributed by atoms with E-state index in [4.69, 9.17) is 18.9 Å².